The van der Waals surface area contributed by atoms with Crippen LogP contribution < -0.4 is 5.32 Å². The van der Waals surface area contributed by atoms with E-state index in [4.69, 9.17) is 0 Å². The van der Waals surface area contributed by atoms with Crippen molar-refractivity contribution in [1.82, 2.24) is 15.1 Å². The van der Waals surface area contributed by atoms with Crippen LogP contribution in [0.1, 0.15) is 12.0 Å². The first-order chi connectivity index (χ1) is 11.0. The van der Waals surface area contributed by atoms with Crippen LogP contribution in [0.25, 0.3) is 0 Å². The molecule has 1 saturated heterocycles. The molecule has 1 aromatic carbocycles. The van der Waals surface area contributed by atoms with Crippen molar-refractivity contribution in [2.75, 3.05) is 40.0 Å². The van der Waals surface area contributed by atoms with Gasteiger partial charge in [-0.25, -0.2) is 0 Å². The summed E-state index contributed by atoms with van der Waals surface area (Å²) in [7, 11) is 3.96. The summed E-state index contributed by atoms with van der Waals surface area (Å²) in [6, 6.07) is 8.15. The molecule has 0 unspecified atom stereocenters. The number of benzene rings is 1. The standard InChI is InChI=1S/C17H25N3O2S/c1-19(2)8-9-20-12-14(10-16(20)21)17(22)18-11-13-4-6-15(23-3)7-5-13/h4-7,14H,8-12H2,1-3H3,(H,18,22)/t14-/m1/s1. The molecule has 1 heterocycles. The van der Waals surface area contributed by atoms with Crippen molar-refractivity contribution in [3.63, 3.8) is 0 Å². The van der Waals surface area contributed by atoms with Crippen molar-refractivity contribution in [2.24, 2.45) is 5.92 Å². The van der Waals surface area contributed by atoms with Gasteiger partial charge in [0.25, 0.3) is 0 Å². The van der Waals surface area contributed by atoms with E-state index in [9.17, 15) is 9.59 Å². The normalized spacial score (nSPS) is 17.8. The Bertz CT molecular complexity index is 545. The molecular formula is C17H25N3O2S. The summed E-state index contributed by atoms with van der Waals surface area (Å²) in [5, 5.41) is 2.95. The van der Waals surface area contributed by atoms with Crippen molar-refractivity contribution in [2.45, 2.75) is 17.9 Å². The third kappa shape index (κ3) is 5.25. The summed E-state index contributed by atoms with van der Waals surface area (Å²) in [5.74, 6) is -0.175. The van der Waals surface area contributed by atoms with E-state index in [1.807, 2.05) is 49.5 Å². The number of carbonyl (C=O) groups is 2. The monoisotopic (exact) mass is 335 g/mol. The number of rotatable bonds is 7. The highest BCUT2D eigenvalue weighted by atomic mass is 32.2. The molecule has 1 aliphatic rings. The number of amides is 2. The molecule has 0 bridgehead atoms. The number of likely N-dealkylation sites (tertiary alicyclic amines) is 1. The summed E-state index contributed by atoms with van der Waals surface area (Å²) in [6.07, 6.45) is 2.36. The minimum Gasteiger partial charge on any atom is -0.352 e. The predicted molar refractivity (Wildman–Crippen MR) is 93.3 cm³/mol. The molecule has 2 amide bonds. The van der Waals surface area contributed by atoms with Crippen molar-refractivity contribution >= 4 is 23.6 Å². The molecule has 0 aromatic heterocycles. The number of likely N-dealkylation sites (N-methyl/N-ethyl adjacent to an activating group) is 1. The summed E-state index contributed by atoms with van der Waals surface area (Å²) in [5.41, 5.74) is 1.07. The minimum atomic E-state index is -0.227. The Balaban J connectivity index is 1.80. The van der Waals surface area contributed by atoms with Crippen LogP contribution in [-0.4, -0.2) is 61.6 Å². The smallest absolute Gasteiger partial charge is 0.225 e. The van der Waals surface area contributed by atoms with Gasteiger partial charge in [0.15, 0.2) is 0 Å². The van der Waals surface area contributed by atoms with Crippen LogP contribution in [0.5, 0.6) is 0 Å². The van der Waals surface area contributed by atoms with Gasteiger partial charge in [0.2, 0.25) is 11.8 Å². The van der Waals surface area contributed by atoms with Crippen LogP contribution in [0.4, 0.5) is 0 Å². The van der Waals surface area contributed by atoms with Gasteiger partial charge in [0, 0.05) is 37.5 Å². The van der Waals surface area contributed by atoms with Gasteiger partial charge in [0.1, 0.15) is 0 Å². The highest BCUT2D eigenvalue weighted by molar-refractivity contribution is 7.98. The Labute approximate surface area is 142 Å². The van der Waals surface area contributed by atoms with E-state index in [-0.39, 0.29) is 17.7 Å². The Morgan fingerprint density at radius 2 is 2.04 bits per heavy atom. The predicted octanol–water partition coefficient (Wildman–Crippen LogP) is 1.43. The van der Waals surface area contributed by atoms with Gasteiger partial charge >= 0.3 is 0 Å². The molecule has 0 radical (unpaired) electrons. The zero-order valence-corrected chi connectivity index (χ0v) is 14.9. The average molecular weight is 335 g/mol. The largest absolute Gasteiger partial charge is 0.352 e. The molecule has 1 atom stereocenters. The number of hydrogen-bond acceptors (Lipinski definition) is 4. The molecule has 0 saturated carbocycles. The summed E-state index contributed by atoms with van der Waals surface area (Å²) in [6.45, 7) is 2.55. The molecule has 1 N–H and O–H groups in total. The molecule has 1 fully saturated rings. The van der Waals surface area contributed by atoms with Gasteiger partial charge in [0.05, 0.1) is 5.92 Å². The first-order valence-corrected chi connectivity index (χ1v) is 9.05. The minimum absolute atomic E-state index is 0.0281. The molecule has 1 aliphatic heterocycles. The van der Waals surface area contributed by atoms with E-state index in [2.05, 4.69) is 5.32 Å². The van der Waals surface area contributed by atoms with E-state index in [0.717, 1.165) is 12.1 Å². The van der Waals surface area contributed by atoms with Gasteiger partial charge < -0.3 is 15.1 Å². The van der Waals surface area contributed by atoms with Crippen LogP contribution in [0.3, 0.4) is 0 Å². The maximum absolute atomic E-state index is 12.3. The first kappa shape index (κ1) is 17.8. The number of hydrogen-bond donors (Lipinski definition) is 1. The molecular weight excluding hydrogens is 310 g/mol. The van der Waals surface area contributed by atoms with E-state index < -0.39 is 0 Å². The van der Waals surface area contributed by atoms with Gasteiger partial charge in [-0.1, -0.05) is 12.1 Å². The third-order valence-corrected chi connectivity index (χ3v) is 4.77. The maximum atomic E-state index is 12.3. The second-order valence-electron chi connectivity index (χ2n) is 6.11. The molecule has 23 heavy (non-hydrogen) atoms. The lowest BCUT2D eigenvalue weighted by atomic mass is 10.1. The van der Waals surface area contributed by atoms with Gasteiger partial charge in [-0.05, 0) is 38.0 Å². The highest BCUT2D eigenvalue weighted by Crippen LogP contribution is 2.18. The fraction of sp³-hybridized carbons (Fsp3) is 0.529. The zero-order valence-electron chi connectivity index (χ0n) is 14.0. The molecule has 6 heteroatoms. The first-order valence-electron chi connectivity index (χ1n) is 7.82. The lowest BCUT2D eigenvalue weighted by Crippen LogP contribution is -2.35. The molecule has 5 nitrogen and oxygen atoms in total. The molecule has 2 rings (SSSR count). The lowest BCUT2D eigenvalue weighted by Gasteiger charge is -2.19. The lowest BCUT2D eigenvalue weighted by molar-refractivity contribution is -0.129. The number of nitrogens with zero attached hydrogens (tertiary/aromatic N) is 2. The summed E-state index contributed by atoms with van der Waals surface area (Å²) in [4.78, 5) is 29.3. The average Bonchev–Trinajstić information content (AvgIpc) is 2.92. The Morgan fingerprint density at radius 1 is 1.35 bits per heavy atom. The summed E-state index contributed by atoms with van der Waals surface area (Å²) < 4.78 is 0. The van der Waals surface area contributed by atoms with E-state index in [1.165, 1.54) is 4.90 Å². The topological polar surface area (TPSA) is 52.7 Å². The van der Waals surface area contributed by atoms with Crippen molar-refractivity contribution < 1.29 is 9.59 Å². The van der Waals surface area contributed by atoms with Crippen molar-refractivity contribution in [3.8, 4) is 0 Å². The number of carbonyl (C=O) groups excluding carboxylic acids is 2. The zero-order chi connectivity index (χ0) is 16.8. The Kier molecular flexibility index (Phi) is 6.47. The molecule has 126 valence electrons. The van der Waals surface area contributed by atoms with E-state index in [1.54, 1.807) is 16.7 Å². The summed E-state index contributed by atoms with van der Waals surface area (Å²) >= 11 is 1.70. The fourth-order valence-electron chi connectivity index (χ4n) is 2.56. The van der Waals surface area contributed by atoms with Crippen LogP contribution >= 0.6 is 11.8 Å². The van der Waals surface area contributed by atoms with Gasteiger partial charge in [-0.2, -0.15) is 0 Å². The van der Waals surface area contributed by atoms with Crippen LogP contribution in [0.2, 0.25) is 0 Å². The highest BCUT2D eigenvalue weighted by Gasteiger charge is 2.33. The third-order valence-electron chi connectivity index (χ3n) is 4.03. The molecule has 1 aromatic rings. The van der Waals surface area contributed by atoms with Crippen LogP contribution in [0, 0.1) is 5.92 Å². The molecule has 0 aliphatic carbocycles. The Hall–Kier alpha value is -1.53. The SMILES string of the molecule is CSc1ccc(CNC(=O)[C@@H]2CC(=O)N(CCN(C)C)C2)cc1. The molecule has 0 spiro atoms. The second kappa shape index (κ2) is 8.36. The quantitative estimate of drug-likeness (QED) is 0.766. The van der Waals surface area contributed by atoms with E-state index in [0.29, 0.717) is 26.1 Å². The van der Waals surface area contributed by atoms with E-state index >= 15 is 0 Å². The Morgan fingerprint density at radius 3 is 2.65 bits per heavy atom. The fourth-order valence-corrected chi connectivity index (χ4v) is 2.97. The van der Waals surface area contributed by atoms with Gasteiger partial charge in [-0.3, -0.25) is 9.59 Å². The van der Waals surface area contributed by atoms with Crippen molar-refractivity contribution in [1.29, 1.82) is 0 Å². The maximum Gasteiger partial charge on any atom is 0.225 e. The number of thioether (sulfide) groups is 1. The van der Waals surface area contributed by atoms with Crippen LogP contribution in [-0.2, 0) is 16.1 Å². The van der Waals surface area contributed by atoms with Crippen molar-refractivity contribution in [3.05, 3.63) is 29.8 Å². The number of nitrogens with one attached hydrogen (secondary N) is 1. The van der Waals surface area contributed by atoms with Gasteiger partial charge in [-0.15, -0.1) is 11.8 Å². The second-order valence-corrected chi connectivity index (χ2v) is 6.99. The van der Waals surface area contributed by atoms with Crippen LogP contribution in [0.15, 0.2) is 29.2 Å².